The third kappa shape index (κ3) is 19.5. The summed E-state index contributed by atoms with van der Waals surface area (Å²) in [6, 6.07) is 0. The van der Waals surface area contributed by atoms with Crippen LogP contribution >= 0.6 is 0 Å². The van der Waals surface area contributed by atoms with Crippen LogP contribution in [0.15, 0.2) is 37.4 Å². The fourth-order valence-electron chi connectivity index (χ4n) is 7.98. The van der Waals surface area contributed by atoms with Crippen molar-refractivity contribution in [3.63, 3.8) is 0 Å². The summed E-state index contributed by atoms with van der Waals surface area (Å²) in [7, 11) is 0. The highest BCUT2D eigenvalue weighted by atomic mass is 15.2. The molecule has 0 aromatic carbocycles. The molecular weight excluding hydrogens is 717 g/mol. The normalized spacial score (nSPS) is 11.6. The van der Waals surface area contributed by atoms with Gasteiger partial charge in [0.25, 0.3) is 0 Å². The van der Waals surface area contributed by atoms with Gasteiger partial charge in [-0.2, -0.15) is 9.97 Å². The van der Waals surface area contributed by atoms with E-state index in [0.29, 0.717) is 22.9 Å². The molecule has 4 heterocycles. The molecule has 0 aliphatic heterocycles. The highest BCUT2D eigenvalue weighted by molar-refractivity contribution is 5.93. The lowest BCUT2D eigenvalue weighted by Gasteiger charge is -2.15. The molecule has 0 radical (unpaired) electrons. The van der Waals surface area contributed by atoms with Crippen LogP contribution < -0.4 is 10.6 Å². The molecule has 324 valence electrons. The summed E-state index contributed by atoms with van der Waals surface area (Å²) in [5.74, 6) is 2.57. The van der Waals surface area contributed by atoms with Crippen LogP contribution in [-0.4, -0.2) is 52.1 Å². The van der Waals surface area contributed by atoms with Gasteiger partial charge in [-0.15, -0.1) is 0 Å². The van der Waals surface area contributed by atoms with E-state index in [1.807, 2.05) is 21.5 Å². The van der Waals surface area contributed by atoms with Crippen molar-refractivity contribution in [1.82, 2.24) is 39.0 Å². The molecule has 10 heteroatoms. The Hall–Kier alpha value is -3.56. The van der Waals surface area contributed by atoms with Crippen LogP contribution in [0.4, 0.5) is 11.6 Å². The Morgan fingerprint density at radius 3 is 0.897 bits per heavy atom. The molecule has 0 bridgehead atoms. The van der Waals surface area contributed by atoms with Gasteiger partial charge in [-0.25, -0.2) is 19.9 Å². The zero-order chi connectivity index (χ0) is 40.6. The first-order valence-electron chi connectivity index (χ1n) is 24.3. The van der Waals surface area contributed by atoms with Gasteiger partial charge >= 0.3 is 0 Å². The topological polar surface area (TPSA) is 111 Å². The third-order valence-electron chi connectivity index (χ3n) is 11.6. The van der Waals surface area contributed by atoms with Gasteiger partial charge < -0.3 is 10.6 Å². The minimum Gasteiger partial charge on any atom is -0.368 e. The smallest absolute Gasteiger partial charge is 0.237 e. The predicted molar refractivity (Wildman–Crippen MR) is 245 cm³/mol. The lowest BCUT2D eigenvalue weighted by molar-refractivity contribution is 0.530. The second kappa shape index (κ2) is 31.4. The van der Waals surface area contributed by atoms with E-state index >= 15 is 0 Å². The Morgan fingerprint density at radius 2 is 0.638 bits per heavy atom. The standard InChI is InChI=1S/C48H82N10/c1-3-5-7-9-11-13-15-17-19-21-23-25-27-29-31-33-35-51-45-43-44(54-47(55-45)57-39-37-49-41-57)46(56-48(53-43)58-40-38-50-42-58)52-36-34-32-30-28-26-24-22-20-18-16-14-12-10-8-6-4-2/h37-42H,3-36H2,1-2H3,(H,51,54,55)(H,52,53,56). The van der Waals surface area contributed by atoms with Crippen LogP contribution in [0, 0.1) is 0 Å². The maximum atomic E-state index is 4.98. The number of nitrogens with one attached hydrogen (secondary N) is 2. The molecule has 0 spiro atoms. The molecule has 0 saturated heterocycles. The number of nitrogens with zero attached hydrogens (tertiary/aromatic N) is 8. The maximum Gasteiger partial charge on any atom is 0.237 e. The Bertz CT molecular complexity index is 1420. The lowest BCUT2D eigenvalue weighted by Crippen LogP contribution is -2.13. The summed E-state index contributed by atoms with van der Waals surface area (Å²) in [6.07, 6.45) is 54.4. The fourth-order valence-corrected chi connectivity index (χ4v) is 7.98. The summed E-state index contributed by atoms with van der Waals surface area (Å²) < 4.78 is 3.70. The monoisotopic (exact) mass is 799 g/mol. The van der Waals surface area contributed by atoms with Crippen LogP contribution in [0.25, 0.3) is 22.9 Å². The molecule has 0 fully saturated rings. The van der Waals surface area contributed by atoms with Crippen molar-refractivity contribution in [2.24, 2.45) is 0 Å². The zero-order valence-electron chi connectivity index (χ0n) is 37.1. The van der Waals surface area contributed by atoms with Crippen LogP contribution in [0.2, 0.25) is 0 Å². The summed E-state index contributed by atoms with van der Waals surface area (Å²) in [6.45, 7) is 6.26. The first kappa shape index (κ1) is 47.1. The Morgan fingerprint density at radius 1 is 0.362 bits per heavy atom. The molecule has 0 saturated carbocycles. The van der Waals surface area contributed by atoms with E-state index in [4.69, 9.17) is 19.9 Å². The van der Waals surface area contributed by atoms with E-state index in [-0.39, 0.29) is 0 Å². The van der Waals surface area contributed by atoms with E-state index in [1.165, 1.54) is 193 Å². The van der Waals surface area contributed by atoms with E-state index in [0.717, 1.165) is 37.6 Å². The summed E-state index contributed by atoms with van der Waals surface area (Å²) in [4.78, 5) is 28.4. The van der Waals surface area contributed by atoms with Crippen molar-refractivity contribution < 1.29 is 0 Å². The molecule has 4 aromatic heterocycles. The minimum atomic E-state index is 0.559. The van der Waals surface area contributed by atoms with E-state index < -0.39 is 0 Å². The molecule has 0 aliphatic carbocycles. The maximum absolute atomic E-state index is 4.98. The van der Waals surface area contributed by atoms with Crippen molar-refractivity contribution in [3.05, 3.63) is 37.4 Å². The fraction of sp³-hybridized carbons (Fsp3) is 0.750. The SMILES string of the molecule is CCCCCCCCCCCCCCCCCCNc1nc(-n2ccnc2)nc2c(NCCCCCCCCCCCCCCCCCC)nc(-n3ccnc3)nc12. The number of imidazole rings is 2. The minimum absolute atomic E-state index is 0.559. The van der Waals surface area contributed by atoms with Gasteiger partial charge in [0.05, 0.1) is 0 Å². The number of anilines is 2. The van der Waals surface area contributed by atoms with Crippen molar-refractivity contribution in [2.45, 2.75) is 219 Å². The number of aromatic nitrogens is 8. The van der Waals surface area contributed by atoms with Crippen molar-refractivity contribution >= 4 is 22.7 Å². The van der Waals surface area contributed by atoms with Gasteiger partial charge in [-0.3, -0.25) is 9.13 Å². The number of hydrogen-bond donors (Lipinski definition) is 2. The van der Waals surface area contributed by atoms with Gasteiger partial charge in [-0.1, -0.05) is 206 Å². The predicted octanol–water partition coefficient (Wildman–Crippen LogP) is 14.1. The summed E-state index contributed by atoms with van der Waals surface area (Å²) in [5, 5.41) is 7.27. The van der Waals surface area contributed by atoms with Crippen LogP contribution in [-0.2, 0) is 0 Å². The molecule has 58 heavy (non-hydrogen) atoms. The molecule has 0 amide bonds. The molecule has 4 aromatic rings. The van der Waals surface area contributed by atoms with E-state index in [9.17, 15) is 0 Å². The summed E-state index contributed by atoms with van der Waals surface area (Å²) in [5.41, 5.74) is 1.43. The molecule has 4 rings (SSSR count). The second-order valence-electron chi connectivity index (χ2n) is 16.8. The average Bonchev–Trinajstić information content (AvgIpc) is 3.99. The lowest BCUT2D eigenvalue weighted by atomic mass is 10.0. The van der Waals surface area contributed by atoms with Gasteiger partial charge in [0.2, 0.25) is 11.9 Å². The first-order chi connectivity index (χ1) is 28.8. The molecule has 10 nitrogen and oxygen atoms in total. The van der Waals surface area contributed by atoms with Crippen molar-refractivity contribution in [2.75, 3.05) is 23.7 Å². The zero-order valence-corrected chi connectivity index (χ0v) is 37.1. The van der Waals surface area contributed by atoms with E-state index in [2.05, 4.69) is 34.4 Å². The van der Waals surface area contributed by atoms with Crippen molar-refractivity contribution in [3.8, 4) is 11.9 Å². The summed E-state index contributed by atoms with van der Waals surface area (Å²) >= 11 is 0. The number of fused-ring (bicyclic) bond motifs is 1. The van der Waals surface area contributed by atoms with Crippen LogP contribution in [0.1, 0.15) is 219 Å². The Labute approximate surface area is 353 Å². The van der Waals surface area contributed by atoms with Gasteiger partial charge in [0.15, 0.2) is 11.6 Å². The number of unbranched alkanes of at least 4 members (excludes halogenated alkanes) is 30. The Balaban J connectivity index is 1.19. The molecular formula is C48H82N10. The van der Waals surface area contributed by atoms with Gasteiger partial charge in [-0.05, 0) is 12.8 Å². The van der Waals surface area contributed by atoms with Gasteiger partial charge in [0, 0.05) is 37.9 Å². The molecule has 2 N–H and O–H groups in total. The largest absolute Gasteiger partial charge is 0.368 e. The Kier molecular flexibility index (Phi) is 25.5. The highest BCUT2D eigenvalue weighted by Crippen LogP contribution is 2.27. The number of rotatable bonds is 38. The number of hydrogen-bond acceptors (Lipinski definition) is 8. The van der Waals surface area contributed by atoms with Gasteiger partial charge in [0.1, 0.15) is 23.7 Å². The highest BCUT2D eigenvalue weighted by Gasteiger charge is 2.18. The molecule has 0 atom stereocenters. The molecule has 0 aliphatic rings. The van der Waals surface area contributed by atoms with Crippen molar-refractivity contribution in [1.29, 1.82) is 0 Å². The van der Waals surface area contributed by atoms with Crippen LogP contribution in [0.3, 0.4) is 0 Å². The van der Waals surface area contributed by atoms with E-state index in [1.54, 1.807) is 25.0 Å². The quantitative estimate of drug-likeness (QED) is 0.0431. The second-order valence-corrected chi connectivity index (χ2v) is 16.8. The average molecular weight is 799 g/mol. The molecule has 0 unspecified atom stereocenters. The van der Waals surface area contributed by atoms with Crippen LogP contribution in [0.5, 0.6) is 0 Å². The third-order valence-corrected chi connectivity index (χ3v) is 11.6. The first-order valence-corrected chi connectivity index (χ1v) is 24.3.